The maximum absolute atomic E-state index is 8.97. The second-order valence-corrected chi connectivity index (χ2v) is 41.3. The number of hydrogen-bond donors (Lipinski definition) is 0. The molecule has 25 rings (SSSR count). The van der Waals surface area contributed by atoms with Crippen LogP contribution < -0.4 is 0 Å². The number of fused-ring (bicyclic) bond motifs is 15. The second-order valence-electron chi connectivity index (χ2n) is 41.3. The van der Waals surface area contributed by atoms with E-state index in [4.69, 9.17) is 17.8 Å². The van der Waals surface area contributed by atoms with Gasteiger partial charge >= 0.3 is 0 Å². The van der Waals surface area contributed by atoms with Crippen LogP contribution in [0.3, 0.4) is 0 Å². The van der Waals surface area contributed by atoms with Crippen LogP contribution in [0.5, 0.6) is 0 Å². The predicted molar refractivity (Wildman–Crippen MR) is 614 cm³/mol. The van der Waals surface area contributed by atoms with Gasteiger partial charge in [0.1, 0.15) is 0 Å². The molecule has 0 spiro atoms. The zero-order valence-electron chi connectivity index (χ0n) is 96.2. The number of para-hydroxylation sites is 6. The Morgan fingerprint density at radius 1 is 0.182 bits per heavy atom. The summed E-state index contributed by atoms with van der Waals surface area (Å²) in [6.45, 7) is 30.2. The highest BCUT2D eigenvalue weighted by Gasteiger charge is 2.34. The van der Waals surface area contributed by atoms with Crippen molar-refractivity contribution in [1.29, 1.82) is 0 Å². The summed E-state index contributed by atoms with van der Waals surface area (Å²) in [6.07, 6.45) is 0. The van der Waals surface area contributed by atoms with E-state index in [-0.39, 0.29) is 106 Å². The lowest BCUT2D eigenvalue weighted by atomic mass is 9.78. The number of benzene rings is 20. The minimum absolute atomic E-state index is 0.0481. The maximum Gasteiger partial charge on any atom is 0.0632 e. The Balaban J connectivity index is 0.000000117. The summed E-state index contributed by atoms with van der Waals surface area (Å²) in [5.41, 5.74) is 31.4. The first-order valence-corrected chi connectivity index (χ1v) is 49.3. The third kappa shape index (κ3) is 16.7. The summed E-state index contributed by atoms with van der Waals surface area (Å²) in [7, 11) is 0. The molecule has 0 aliphatic rings. The van der Waals surface area contributed by atoms with Gasteiger partial charge in [-0.25, -0.2) is 0 Å². The van der Waals surface area contributed by atoms with Crippen molar-refractivity contribution >= 4 is 109 Å². The predicted octanol–water partition coefficient (Wildman–Crippen LogP) is 38.0. The van der Waals surface area contributed by atoms with Crippen LogP contribution in [0.2, 0.25) is 0 Å². The van der Waals surface area contributed by atoms with E-state index < -0.39 is 0 Å². The van der Waals surface area contributed by atoms with Crippen LogP contribution in [0.15, 0.2) is 467 Å². The Bertz CT molecular complexity index is 9790. The third-order valence-corrected chi connectivity index (χ3v) is 27.7. The van der Waals surface area contributed by atoms with E-state index in [1.807, 2.05) is 109 Å². The van der Waals surface area contributed by atoms with Crippen molar-refractivity contribution in [3.05, 3.63) is 500 Å². The van der Waals surface area contributed by atoms with E-state index >= 15 is 0 Å². The van der Waals surface area contributed by atoms with Crippen molar-refractivity contribution < 1.29 is 17.8 Å². The van der Waals surface area contributed by atoms with Crippen LogP contribution >= 0.6 is 0 Å². The monoisotopic (exact) mass is 1860 g/mol. The fourth-order valence-electron chi connectivity index (χ4n) is 22.0. The fraction of sp³-hybridized carbons (Fsp3) is 0.130. The molecule has 0 N–H and O–H groups in total. The van der Waals surface area contributed by atoms with Crippen molar-refractivity contribution in [2.75, 3.05) is 0 Å². The molecule has 0 amide bonds. The van der Waals surface area contributed by atoms with Gasteiger partial charge in [-0.1, -0.05) is 446 Å². The maximum atomic E-state index is 8.97. The van der Waals surface area contributed by atoms with Gasteiger partial charge in [0.2, 0.25) is 0 Å². The number of aromatic nitrogens is 5. The molecule has 0 atom stereocenters. The van der Waals surface area contributed by atoms with Crippen LogP contribution in [-0.2, 0) is 21.7 Å². The minimum atomic E-state index is -0.389. The molecule has 0 aliphatic heterocycles. The lowest BCUT2D eigenvalue weighted by molar-refractivity contribution is 0.593. The van der Waals surface area contributed by atoms with Crippen molar-refractivity contribution in [2.24, 2.45) is 0 Å². The van der Waals surface area contributed by atoms with Crippen LogP contribution in [-0.4, -0.2) is 22.8 Å². The van der Waals surface area contributed by atoms with Gasteiger partial charge < -0.3 is 22.8 Å². The molecule has 5 nitrogen and oxygen atoms in total. The molecule has 0 bridgehead atoms. The Morgan fingerprint density at radius 2 is 0.455 bits per heavy atom. The van der Waals surface area contributed by atoms with E-state index in [0.29, 0.717) is 27.8 Å². The number of rotatable bonds is 11. The molecule has 0 unspecified atom stereocenters. The van der Waals surface area contributed by atoms with Gasteiger partial charge in [-0.2, -0.15) is 0 Å². The fourth-order valence-corrected chi connectivity index (χ4v) is 22.0. The molecule has 0 saturated heterocycles. The summed E-state index contributed by atoms with van der Waals surface area (Å²) in [5.74, 6) is 0. The lowest BCUT2D eigenvalue weighted by Gasteiger charge is -2.26. The molecule has 0 radical (unpaired) electrons. The first-order chi connectivity index (χ1) is 74.9. The van der Waals surface area contributed by atoms with E-state index in [1.165, 1.54) is 77.2 Å². The highest BCUT2D eigenvalue weighted by molar-refractivity contribution is 6.23. The van der Waals surface area contributed by atoms with Crippen LogP contribution in [0.4, 0.5) is 0 Å². The van der Waals surface area contributed by atoms with Crippen molar-refractivity contribution in [2.45, 2.75) is 119 Å². The molecule has 5 heterocycles. The average Bonchev–Trinajstić information content (AvgIpc) is 1.55. The van der Waals surface area contributed by atoms with Crippen molar-refractivity contribution in [3.8, 4) is 95.2 Å². The van der Waals surface area contributed by atoms with Crippen molar-refractivity contribution in [3.63, 3.8) is 0 Å². The first kappa shape index (κ1) is 77.3. The largest absolute Gasteiger partial charge is 0.309 e. The average molecular weight is 1860 g/mol. The van der Waals surface area contributed by atoms with E-state index in [1.54, 1.807) is 13.8 Å². The molecule has 0 aliphatic carbocycles. The van der Waals surface area contributed by atoms with Crippen molar-refractivity contribution in [1.82, 2.24) is 22.8 Å². The highest BCUT2D eigenvalue weighted by Crippen LogP contribution is 2.53. The summed E-state index contributed by atoms with van der Waals surface area (Å²) < 4.78 is 123. The number of hydrogen-bond acceptors (Lipinski definition) is 0. The minimum Gasteiger partial charge on any atom is -0.309 e. The molecule has 0 saturated carbocycles. The van der Waals surface area contributed by atoms with Crippen LogP contribution in [0.25, 0.3) is 204 Å². The molecule has 25 aromatic rings. The van der Waals surface area contributed by atoms with E-state index in [0.717, 1.165) is 127 Å². The first-order valence-electron chi connectivity index (χ1n) is 55.8. The van der Waals surface area contributed by atoms with Gasteiger partial charge in [-0.15, -0.1) is 0 Å². The molecule has 5 aromatic heterocycles. The molecule has 5 heteroatoms. The Hall–Kier alpha value is -16.6. The van der Waals surface area contributed by atoms with Crippen LogP contribution in [0, 0.1) is 13.8 Å². The zero-order valence-corrected chi connectivity index (χ0v) is 83.2. The third-order valence-electron chi connectivity index (χ3n) is 27.7. The van der Waals surface area contributed by atoms with E-state index in [2.05, 4.69) is 385 Å². The van der Waals surface area contributed by atoms with Gasteiger partial charge in [0.05, 0.1) is 78.7 Å². The molecule has 20 aromatic carbocycles. The van der Waals surface area contributed by atoms with Gasteiger partial charge in [0.25, 0.3) is 0 Å². The molecule has 696 valence electrons. The molecular formula is C138H119N5. The Kier molecular flexibility index (Phi) is 20.1. The Morgan fingerprint density at radius 3 is 0.825 bits per heavy atom. The molecular weight excluding hydrogens is 1730 g/mol. The van der Waals surface area contributed by atoms with Gasteiger partial charge in [0.15, 0.2) is 0 Å². The second kappa shape index (κ2) is 37.2. The zero-order chi connectivity index (χ0) is 109. The quantitative estimate of drug-likeness (QED) is 0.123. The molecule has 143 heavy (non-hydrogen) atoms. The smallest absolute Gasteiger partial charge is 0.0632 e. The highest BCUT2D eigenvalue weighted by atomic mass is 15.0. The topological polar surface area (TPSA) is 24.6 Å². The van der Waals surface area contributed by atoms with Crippen LogP contribution in [0.1, 0.15) is 134 Å². The normalized spacial score (nSPS) is 13.3. The summed E-state index contributed by atoms with van der Waals surface area (Å²) in [6, 6.07) is 134. The standard InChI is InChI=1S/C40H32N2.C35H31N.C34H29N.C29H27N/c1-40(2,3)39-36(42-32-22-12-10-19-30(32)31-20-11-13-23-33(31)42)26-25-35-38(39)37-29(27-15-6-4-7-16-27)21-14-24-34(37)41(35)28-17-8-5-9-18-28;1-24-13-11-16-26(23-24)29-21-22-31-33(34(29)35(2,3)4)32-28(25-14-7-5-8-15-25)19-12-20-30(32)36(31)27-17-9-6-10-18-27;1-34(2,3)33-28(25-16-9-5-10-17-25)22-23-30-32(33)31-27(24-14-7-4-8-15-24)20-13-21-29(31)35(30)26-18-11-6-12-19-26;1-20-11-8-12-21(19-20)23-15-9-17-25-27(23)28-24(29(2,3)4)16-10-18-26(28)30(25)22-13-6-5-7-14-22/h4-26H,1-3H3;5-23H,1-4H3;4-23H,1-3H3;5-19H,1-4H3/i;11D,13D,16D,23D;4D,7D,8D,14D,15D;8D,11D,12D,19D. The Labute approximate surface area is 858 Å². The SMILES string of the molecule is CC(C)(C)c1c(-n2c3ccccc3c3ccccc32)ccc2c1c1c(-c3ccccc3)cccc1n2-c1ccccc1.[2H]c1c([2H])c(C)c([2H])c(-c2ccc3c(c2C(C)(C)C)c2c(-c4ccccc4)cccc2n3-c2ccccc2)c1[2H].[2H]c1c([2H])c(C)c([2H])c(-c2cccc3c2c2c(C(C)(C)C)cccc2n3-c2ccccc2)c1[2H].[2H]c1c([2H])c([2H])c(-c2cccc3c2c2c(C(C)(C)C)c(-c4ccccc4)ccc2n3-c2ccccc2)c([2H])c1[2H]. The summed E-state index contributed by atoms with van der Waals surface area (Å²) >= 11 is 0. The summed E-state index contributed by atoms with van der Waals surface area (Å²) in [4.78, 5) is 0. The van der Waals surface area contributed by atoms with Gasteiger partial charge in [-0.05, 0) is 240 Å². The van der Waals surface area contributed by atoms with Gasteiger partial charge in [-0.3, -0.25) is 0 Å². The summed E-state index contributed by atoms with van der Waals surface area (Å²) in [5, 5.41) is 11.4. The number of nitrogens with zero attached hydrogens (tertiary/aromatic N) is 5. The lowest BCUT2D eigenvalue weighted by Crippen LogP contribution is -2.16. The van der Waals surface area contributed by atoms with Gasteiger partial charge in [0, 0.05) is 76.6 Å². The molecule has 0 fully saturated rings. The van der Waals surface area contributed by atoms with E-state index in [9.17, 15) is 0 Å².